The van der Waals surface area contributed by atoms with Gasteiger partial charge in [-0.2, -0.15) is 0 Å². The molecule has 2 aromatic carbocycles. The van der Waals surface area contributed by atoms with Gasteiger partial charge in [-0.1, -0.05) is 31.4 Å². The van der Waals surface area contributed by atoms with E-state index in [4.69, 9.17) is 4.74 Å². The standard InChI is InChI=1S/C29H42N4O5S/c1-39(36,37)32-25-9-13-27(14-10-25)38-26-11-7-22(8-12-26)21-33-18-15-24(16-19-33)30-28(17-20-34)29(35)31-23-5-3-2-4-6-23/h7-14,23-24,28,30,32,34H,2-6,15-21H2,1H3,(H,31,35). The lowest BCUT2D eigenvalue weighted by Gasteiger charge is -2.35. The Kier molecular flexibility index (Phi) is 10.6. The number of likely N-dealkylation sites (tertiary alicyclic amines) is 1. The number of nitrogens with one attached hydrogen (secondary N) is 3. The molecule has 2 aromatic rings. The molecule has 1 amide bonds. The molecule has 1 aliphatic carbocycles. The molecule has 1 heterocycles. The van der Waals surface area contributed by atoms with Gasteiger partial charge < -0.3 is 20.5 Å². The first-order valence-electron chi connectivity index (χ1n) is 14.0. The fourth-order valence-corrected chi connectivity index (χ4v) is 5.94. The Morgan fingerprint density at radius 1 is 0.949 bits per heavy atom. The number of sulfonamides is 1. The summed E-state index contributed by atoms with van der Waals surface area (Å²) < 4.78 is 31.0. The normalized spacial score (nSPS) is 18.4. The zero-order chi connectivity index (χ0) is 27.7. The smallest absolute Gasteiger partial charge is 0.237 e. The summed E-state index contributed by atoms with van der Waals surface area (Å²) in [4.78, 5) is 15.3. The molecule has 39 heavy (non-hydrogen) atoms. The maximum Gasteiger partial charge on any atom is 0.237 e. The third-order valence-electron chi connectivity index (χ3n) is 7.43. The lowest BCUT2D eigenvalue weighted by atomic mass is 9.95. The maximum absolute atomic E-state index is 12.9. The average Bonchev–Trinajstić information content (AvgIpc) is 2.91. The first-order valence-corrected chi connectivity index (χ1v) is 15.9. The molecule has 2 aliphatic rings. The van der Waals surface area contributed by atoms with Crippen LogP contribution in [0.4, 0.5) is 5.69 Å². The highest BCUT2D eigenvalue weighted by molar-refractivity contribution is 7.92. The number of carbonyl (C=O) groups is 1. The summed E-state index contributed by atoms with van der Waals surface area (Å²) in [6, 6.07) is 15.0. The summed E-state index contributed by atoms with van der Waals surface area (Å²) in [5.74, 6) is 1.37. The van der Waals surface area contributed by atoms with Crippen molar-refractivity contribution in [1.29, 1.82) is 0 Å². The van der Waals surface area contributed by atoms with E-state index in [0.29, 0.717) is 23.6 Å². The number of anilines is 1. The van der Waals surface area contributed by atoms with Crippen LogP contribution in [0.2, 0.25) is 0 Å². The van der Waals surface area contributed by atoms with Crippen LogP contribution in [-0.2, 0) is 21.4 Å². The highest BCUT2D eigenvalue weighted by Crippen LogP contribution is 2.25. The molecule has 1 saturated heterocycles. The summed E-state index contributed by atoms with van der Waals surface area (Å²) in [6.45, 7) is 2.74. The molecule has 1 unspecified atom stereocenters. The van der Waals surface area contributed by atoms with E-state index in [-0.39, 0.29) is 30.6 Å². The average molecular weight is 559 g/mol. The number of hydrogen-bond donors (Lipinski definition) is 4. The van der Waals surface area contributed by atoms with Crippen LogP contribution in [0.1, 0.15) is 56.9 Å². The molecule has 1 aliphatic heterocycles. The summed E-state index contributed by atoms with van der Waals surface area (Å²) in [7, 11) is -3.31. The van der Waals surface area contributed by atoms with Crippen molar-refractivity contribution in [2.45, 2.75) is 76.0 Å². The molecule has 0 bridgehead atoms. The summed E-state index contributed by atoms with van der Waals surface area (Å²) in [5.41, 5.74) is 1.69. The number of benzene rings is 2. The minimum Gasteiger partial charge on any atom is -0.457 e. The van der Waals surface area contributed by atoms with Crippen LogP contribution in [0.25, 0.3) is 0 Å². The number of ether oxygens (including phenoxy) is 1. The van der Waals surface area contributed by atoms with Gasteiger partial charge in [-0.05, 0) is 87.2 Å². The van der Waals surface area contributed by atoms with Crippen molar-refractivity contribution < 1.29 is 23.1 Å². The molecule has 0 spiro atoms. The van der Waals surface area contributed by atoms with E-state index < -0.39 is 10.0 Å². The largest absolute Gasteiger partial charge is 0.457 e. The van der Waals surface area contributed by atoms with E-state index >= 15 is 0 Å². The predicted molar refractivity (Wildman–Crippen MR) is 153 cm³/mol. The second-order valence-electron chi connectivity index (χ2n) is 10.8. The van der Waals surface area contributed by atoms with Crippen LogP contribution < -0.4 is 20.1 Å². The van der Waals surface area contributed by atoms with Gasteiger partial charge in [0.05, 0.1) is 12.3 Å². The Labute approximate surface area is 232 Å². The van der Waals surface area contributed by atoms with Gasteiger partial charge in [-0.25, -0.2) is 8.42 Å². The Hall–Kier alpha value is -2.66. The molecule has 4 N–H and O–H groups in total. The zero-order valence-electron chi connectivity index (χ0n) is 22.8. The molecule has 9 nitrogen and oxygen atoms in total. The van der Waals surface area contributed by atoms with Gasteiger partial charge in [0.2, 0.25) is 15.9 Å². The number of aliphatic hydroxyl groups excluding tert-OH is 1. The fraction of sp³-hybridized carbons (Fsp3) is 0.552. The maximum atomic E-state index is 12.9. The highest BCUT2D eigenvalue weighted by Gasteiger charge is 2.27. The molecule has 1 atom stereocenters. The highest BCUT2D eigenvalue weighted by atomic mass is 32.2. The van der Waals surface area contributed by atoms with Crippen molar-refractivity contribution in [1.82, 2.24) is 15.5 Å². The van der Waals surface area contributed by atoms with E-state index in [1.807, 2.05) is 12.1 Å². The quantitative estimate of drug-likeness (QED) is 0.314. The monoisotopic (exact) mass is 558 g/mol. The van der Waals surface area contributed by atoms with Crippen molar-refractivity contribution >= 4 is 21.6 Å². The summed E-state index contributed by atoms with van der Waals surface area (Å²) in [5, 5.41) is 16.3. The number of hydrogen-bond acceptors (Lipinski definition) is 7. The van der Waals surface area contributed by atoms with E-state index in [1.165, 1.54) is 24.8 Å². The van der Waals surface area contributed by atoms with Gasteiger partial charge in [-0.15, -0.1) is 0 Å². The molecule has 0 radical (unpaired) electrons. The SMILES string of the molecule is CS(=O)(=O)Nc1ccc(Oc2ccc(CN3CCC(NC(CCO)C(=O)NC4CCCCC4)CC3)cc2)cc1. The van der Waals surface area contributed by atoms with E-state index in [0.717, 1.165) is 51.6 Å². The first kappa shape index (κ1) is 29.3. The summed E-state index contributed by atoms with van der Waals surface area (Å²) >= 11 is 0. The van der Waals surface area contributed by atoms with Gasteiger partial charge in [-0.3, -0.25) is 14.4 Å². The molecular weight excluding hydrogens is 516 g/mol. The van der Waals surface area contributed by atoms with Crippen LogP contribution >= 0.6 is 0 Å². The number of nitrogens with zero attached hydrogens (tertiary/aromatic N) is 1. The van der Waals surface area contributed by atoms with Crippen LogP contribution in [0.5, 0.6) is 11.5 Å². The van der Waals surface area contributed by atoms with E-state index in [2.05, 4.69) is 32.4 Å². The van der Waals surface area contributed by atoms with Gasteiger partial charge in [0.25, 0.3) is 0 Å². The number of carbonyl (C=O) groups excluding carboxylic acids is 1. The lowest BCUT2D eigenvalue weighted by Crippen LogP contribution is -2.53. The Morgan fingerprint density at radius 3 is 2.15 bits per heavy atom. The number of rotatable bonds is 12. The minimum atomic E-state index is -3.31. The second kappa shape index (κ2) is 14.1. The number of piperidine rings is 1. The predicted octanol–water partition coefficient (Wildman–Crippen LogP) is 3.60. The molecule has 10 heteroatoms. The molecule has 1 saturated carbocycles. The fourth-order valence-electron chi connectivity index (χ4n) is 5.37. The van der Waals surface area contributed by atoms with Crippen molar-refractivity contribution in [2.75, 3.05) is 30.7 Å². The van der Waals surface area contributed by atoms with Gasteiger partial charge in [0.1, 0.15) is 11.5 Å². The van der Waals surface area contributed by atoms with Crippen LogP contribution in [-0.4, -0.2) is 68.4 Å². The van der Waals surface area contributed by atoms with Crippen molar-refractivity contribution in [2.24, 2.45) is 0 Å². The van der Waals surface area contributed by atoms with Crippen molar-refractivity contribution in [3.8, 4) is 11.5 Å². The number of amides is 1. The Bertz CT molecular complexity index is 1140. The lowest BCUT2D eigenvalue weighted by molar-refractivity contribution is -0.124. The topological polar surface area (TPSA) is 120 Å². The Balaban J connectivity index is 1.20. The van der Waals surface area contributed by atoms with Crippen molar-refractivity contribution in [3.63, 3.8) is 0 Å². The molecule has 214 valence electrons. The zero-order valence-corrected chi connectivity index (χ0v) is 23.6. The molecule has 0 aromatic heterocycles. The third-order valence-corrected chi connectivity index (χ3v) is 8.04. The van der Waals surface area contributed by atoms with Gasteiger partial charge in [0, 0.05) is 30.9 Å². The van der Waals surface area contributed by atoms with Crippen LogP contribution in [0.3, 0.4) is 0 Å². The molecular formula is C29H42N4O5S. The van der Waals surface area contributed by atoms with E-state index in [9.17, 15) is 18.3 Å². The van der Waals surface area contributed by atoms with Gasteiger partial charge >= 0.3 is 0 Å². The molecule has 2 fully saturated rings. The third kappa shape index (κ3) is 9.79. The second-order valence-corrected chi connectivity index (χ2v) is 12.5. The molecule has 4 rings (SSSR count). The van der Waals surface area contributed by atoms with Crippen LogP contribution in [0.15, 0.2) is 48.5 Å². The number of aliphatic hydroxyl groups is 1. The Morgan fingerprint density at radius 2 is 1.56 bits per heavy atom. The first-order chi connectivity index (χ1) is 18.8. The van der Waals surface area contributed by atoms with Crippen molar-refractivity contribution in [3.05, 3.63) is 54.1 Å². The van der Waals surface area contributed by atoms with Crippen LogP contribution in [0, 0.1) is 0 Å². The minimum absolute atomic E-state index is 0.00000935. The van der Waals surface area contributed by atoms with Gasteiger partial charge in [0.15, 0.2) is 0 Å². The summed E-state index contributed by atoms with van der Waals surface area (Å²) in [6.07, 6.45) is 9.21. The van der Waals surface area contributed by atoms with E-state index in [1.54, 1.807) is 24.3 Å².